The molecule has 0 spiro atoms. The summed E-state index contributed by atoms with van der Waals surface area (Å²) in [4.78, 5) is 0. The summed E-state index contributed by atoms with van der Waals surface area (Å²) in [5.41, 5.74) is -3.57. The summed E-state index contributed by atoms with van der Waals surface area (Å²) in [7, 11) is 1.33. The Morgan fingerprint density at radius 1 is 1.16 bits per heavy atom. The van der Waals surface area contributed by atoms with Crippen molar-refractivity contribution in [2.45, 2.75) is 11.8 Å². The largest absolute Gasteiger partial charge is 0.497 e. The van der Waals surface area contributed by atoms with Crippen LogP contribution in [0.15, 0.2) is 47.1 Å². The summed E-state index contributed by atoms with van der Waals surface area (Å²) < 4.78 is 49.3. The molecular weight excluding hydrogens is 261 g/mol. The second kappa shape index (κ2) is 4.62. The molecule has 1 heterocycles. The molecule has 1 unspecified atom stereocenters. The zero-order valence-electron chi connectivity index (χ0n) is 9.94. The summed E-state index contributed by atoms with van der Waals surface area (Å²) >= 11 is 0. The maximum Gasteiger partial charge on any atom is 0.428 e. The predicted octanol–water partition coefficient (Wildman–Crippen LogP) is 3.09. The van der Waals surface area contributed by atoms with E-state index in [1.54, 1.807) is 0 Å². The highest BCUT2D eigenvalue weighted by Gasteiger charge is 2.58. The van der Waals surface area contributed by atoms with Gasteiger partial charge in [0, 0.05) is 5.56 Å². The van der Waals surface area contributed by atoms with Gasteiger partial charge in [0.1, 0.15) is 11.5 Å². The molecule has 0 fully saturated rings. The number of aliphatic hydroxyl groups is 1. The third-order valence-electron chi connectivity index (χ3n) is 2.78. The Balaban J connectivity index is 2.62. The molecule has 1 aromatic carbocycles. The lowest BCUT2D eigenvalue weighted by Gasteiger charge is -2.29. The molecule has 0 bridgehead atoms. The van der Waals surface area contributed by atoms with Gasteiger partial charge in [-0.25, -0.2) is 0 Å². The molecule has 102 valence electrons. The van der Waals surface area contributed by atoms with E-state index in [4.69, 9.17) is 9.15 Å². The number of hydrogen-bond donors (Lipinski definition) is 1. The van der Waals surface area contributed by atoms with Crippen LogP contribution in [0.3, 0.4) is 0 Å². The number of benzene rings is 1. The molecule has 0 saturated heterocycles. The Morgan fingerprint density at radius 2 is 1.89 bits per heavy atom. The van der Waals surface area contributed by atoms with Crippen molar-refractivity contribution in [1.29, 1.82) is 0 Å². The topological polar surface area (TPSA) is 42.6 Å². The summed E-state index contributed by atoms with van der Waals surface area (Å²) in [6, 6.07) is 7.50. The molecule has 0 aliphatic heterocycles. The van der Waals surface area contributed by atoms with Crippen LogP contribution in [0.5, 0.6) is 5.75 Å². The molecule has 0 saturated carbocycles. The van der Waals surface area contributed by atoms with Gasteiger partial charge in [0.05, 0.1) is 13.4 Å². The van der Waals surface area contributed by atoms with Crippen molar-refractivity contribution in [3.8, 4) is 5.75 Å². The first-order valence-corrected chi connectivity index (χ1v) is 5.37. The van der Waals surface area contributed by atoms with Gasteiger partial charge in [-0.1, -0.05) is 12.1 Å². The molecular formula is C13H11F3O3. The number of halogens is 3. The highest BCUT2D eigenvalue weighted by atomic mass is 19.4. The van der Waals surface area contributed by atoms with Crippen LogP contribution in [-0.4, -0.2) is 18.4 Å². The third-order valence-corrected chi connectivity index (χ3v) is 2.78. The van der Waals surface area contributed by atoms with Gasteiger partial charge in [-0.15, -0.1) is 0 Å². The zero-order chi connectivity index (χ0) is 14.1. The fraction of sp³-hybridized carbons (Fsp3) is 0.231. The fourth-order valence-corrected chi connectivity index (χ4v) is 1.78. The van der Waals surface area contributed by atoms with Crippen LogP contribution >= 0.6 is 0 Å². The van der Waals surface area contributed by atoms with E-state index in [9.17, 15) is 18.3 Å². The van der Waals surface area contributed by atoms with E-state index in [-0.39, 0.29) is 11.3 Å². The summed E-state index contributed by atoms with van der Waals surface area (Å²) in [5.74, 6) is -0.375. The van der Waals surface area contributed by atoms with Gasteiger partial charge in [0.15, 0.2) is 0 Å². The molecule has 19 heavy (non-hydrogen) atoms. The molecule has 0 aliphatic rings. The quantitative estimate of drug-likeness (QED) is 0.933. The van der Waals surface area contributed by atoms with Gasteiger partial charge >= 0.3 is 6.18 Å². The standard InChI is InChI=1S/C13H11F3O3/c1-18-10-5-2-4-9(8-10)12(17,13(14,15)16)11-6-3-7-19-11/h2-8,17H,1H3. The predicted molar refractivity (Wildman–Crippen MR) is 60.8 cm³/mol. The maximum atomic E-state index is 13.2. The normalized spacial score (nSPS) is 15.0. The molecule has 1 N–H and O–H groups in total. The van der Waals surface area contributed by atoms with Crippen molar-refractivity contribution in [3.05, 3.63) is 54.0 Å². The van der Waals surface area contributed by atoms with Gasteiger partial charge in [-0.2, -0.15) is 13.2 Å². The van der Waals surface area contributed by atoms with Crippen LogP contribution in [0.4, 0.5) is 13.2 Å². The van der Waals surface area contributed by atoms with Crippen LogP contribution < -0.4 is 4.74 Å². The second-order valence-corrected chi connectivity index (χ2v) is 3.92. The van der Waals surface area contributed by atoms with Gasteiger partial charge in [-0.3, -0.25) is 0 Å². The van der Waals surface area contributed by atoms with E-state index in [1.807, 2.05) is 0 Å². The molecule has 2 aromatic rings. The number of methoxy groups -OCH3 is 1. The van der Waals surface area contributed by atoms with Gasteiger partial charge in [0.2, 0.25) is 5.60 Å². The number of rotatable bonds is 3. The van der Waals surface area contributed by atoms with Crippen LogP contribution in [0.25, 0.3) is 0 Å². The highest BCUT2D eigenvalue weighted by molar-refractivity contribution is 5.38. The highest BCUT2D eigenvalue weighted by Crippen LogP contribution is 2.44. The minimum atomic E-state index is -4.92. The lowest BCUT2D eigenvalue weighted by atomic mass is 9.90. The van der Waals surface area contributed by atoms with Crippen LogP contribution in [0.1, 0.15) is 11.3 Å². The average Bonchev–Trinajstić information content (AvgIpc) is 2.90. The second-order valence-electron chi connectivity index (χ2n) is 3.92. The molecule has 1 atom stereocenters. The van der Waals surface area contributed by atoms with E-state index < -0.39 is 17.5 Å². The van der Waals surface area contributed by atoms with E-state index in [2.05, 4.69) is 0 Å². The Kier molecular flexibility index (Phi) is 3.28. The number of hydrogen-bond acceptors (Lipinski definition) is 3. The van der Waals surface area contributed by atoms with Crippen molar-refractivity contribution in [2.75, 3.05) is 7.11 Å². The van der Waals surface area contributed by atoms with Crippen molar-refractivity contribution >= 4 is 0 Å². The Labute approximate surface area is 107 Å². The minimum absolute atomic E-state index is 0.215. The third kappa shape index (κ3) is 2.19. The van der Waals surface area contributed by atoms with Crippen molar-refractivity contribution < 1.29 is 27.4 Å². The van der Waals surface area contributed by atoms with Crippen LogP contribution in [0, 0.1) is 0 Å². The van der Waals surface area contributed by atoms with Gasteiger partial charge < -0.3 is 14.3 Å². The van der Waals surface area contributed by atoms with E-state index in [1.165, 1.54) is 31.4 Å². The fourth-order valence-electron chi connectivity index (χ4n) is 1.78. The van der Waals surface area contributed by atoms with E-state index in [0.29, 0.717) is 0 Å². The number of ether oxygens (including phenoxy) is 1. The molecule has 0 amide bonds. The van der Waals surface area contributed by atoms with Gasteiger partial charge in [0.25, 0.3) is 0 Å². The van der Waals surface area contributed by atoms with Crippen LogP contribution in [0.2, 0.25) is 0 Å². The SMILES string of the molecule is COc1cccc(C(O)(c2ccco2)C(F)(F)F)c1. The lowest BCUT2D eigenvalue weighted by Crippen LogP contribution is -2.43. The molecule has 1 aromatic heterocycles. The zero-order valence-corrected chi connectivity index (χ0v) is 9.94. The first-order valence-electron chi connectivity index (χ1n) is 5.37. The summed E-state index contributed by atoms with van der Waals surface area (Å²) in [6.07, 6.45) is -3.84. The molecule has 3 nitrogen and oxygen atoms in total. The average molecular weight is 272 g/mol. The molecule has 0 radical (unpaired) electrons. The first-order chi connectivity index (χ1) is 8.89. The number of alkyl halides is 3. The molecule has 6 heteroatoms. The first kappa shape index (κ1) is 13.5. The molecule has 0 aliphatic carbocycles. The summed E-state index contributed by atoms with van der Waals surface area (Å²) in [5, 5.41) is 10.1. The Morgan fingerprint density at radius 3 is 2.42 bits per heavy atom. The van der Waals surface area contributed by atoms with Crippen molar-refractivity contribution in [2.24, 2.45) is 0 Å². The monoisotopic (exact) mass is 272 g/mol. The lowest BCUT2D eigenvalue weighted by molar-refractivity contribution is -0.254. The van der Waals surface area contributed by atoms with E-state index >= 15 is 0 Å². The Bertz CT molecular complexity index is 549. The maximum absolute atomic E-state index is 13.2. The smallest absolute Gasteiger partial charge is 0.428 e. The van der Waals surface area contributed by atoms with Crippen LogP contribution in [-0.2, 0) is 5.60 Å². The number of furan rings is 1. The van der Waals surface area contributed by atoms with E-state index in [0.717, 1.165) is 18.4 Å². The minimum Gasteiger partial charge on any atom is -0.497 e. The van der Waals surface area contributed by atoms with Crippen molar-refractivity contribution in [1.82, 2.24) is 0 Å². The Hall–Kier alpha value is -1.95. The summed E-state index contributed by atoms with van der Waals surface area (Å²) in [6.45, 7) is 0. The molecule has 2 rings (SSSR count). The van der Waals surface area contributed by atoms with Crippen molar-refractivity contribution in [3.63, 3.8) is 0 Å². The van der Waals surface area contributed by atoms with Gasteiger partial charge in [-0.05, 0) is 24.3 Å².